The van der Waals surface area contributed by atoms with Crippen LogP contribution >= 0.6 is 22.9 Å². The molecule has 0 bridgehead atoms. The minimum Gasteiger partial charge on any atom is -0.493 e. The van der Waals surface area contributed by atoms with Crippen molar-refractivity contribution in [3.63, 3.8) is 0 Å². The maximum Gasteiger partial charge on any atom is 0.165 e. The van der Waals surface area contributed by atoms with E-state index in [9.17, 15) is 0 Å². The van der Waals surface area contributed by atoms with Crippen LogP contribution in [0, 0.1) is 0 Å². The number of rotatable bonds is 6. The average Bonchev–Trinajstić information content (AvgIpc) is 2.90. The van der Waals surface area contributed by atoms with Crippen LogP contribution in [0.3, 0.4) is 0 Å². The van der Waals surface area contributed by atoms with Crippen LogP contribution in [0.15, 0.2) is 30.3 Å². The third-order valence-electron chi connectivity index (χ3n) is 3.03. The molecular weight excluding hydrogens is 294 g/mol. The van der Waals surface area contributed by atoms with Crippen molar-refractivity contribution in [2.45, 2.75) is 13.0 Å². The van der Waals surface area contributed by atoms with Crippen LogP contribution in [0.1, 0.15) is 23.4 Å². The first-order valence-electron chi connectivity index (χ1n) is 6.40. The fraction of sp³-hybridized carbons (Fsp3) is 0.333. The predicted molar refractivity (Wildman–Crippen MR) is 84.4 cm³/mol. The van der Waals surface area contributed by atoms with E-state index in [2.05, 4.69) is 12.2 Å². The van der Waals surface area contributed by atoms with Crippen LogP contribution in [0.25, 0.3) is 0 Å². The van der Waals surface area contributed by atoms with E-state index in [4.69, 9.17) is 21.1 Å². The zero-order valence-corrected chi connectivity index (χ0v) is 13.3. The Labute approximate surface area is 128 Å². The van der Waals surface area contributed by atoms with Gasteiger partial charge in [0, 0.05) is 10.4 Å². The topological polar surface area (TPSA) is 30.5 Å². The first-order valence-corrected chi connectivity index (χ1v) is 7.60. The Bertz CT molecular complexity index is 571. The molecule has 0 amide bonds. The second kappa shape index (κ2) is 6.97. The number of halogens is 1. The number of nitrogens with one attached hydrogen (secondary N) is 1. The molecule has 0 aliphatic heterocycles. The Kier molecular flexibility index (Phi) is 5.29. The lowest BCUT2D eigenvalue weighted by atomic mass is 10.0. The monoisotopic (exact) mass is 311 g/mol. The van der Waals surface area contributed by atoms with Crippen molar-refractivity contribution >= 4 is 22.9 Å². The minimum absolute atomic E-state index is 0.0440. The van der Waals surface area contributed by atoms with Crippen molar-refractivity contribution in [2.24, 2.45) is 0 Å². The molecule has 5 heteroatoms. The van der Waals surface area contributed by atoms with Gasteiger partial charge in [-0.05, 0) is 24.7 Å². The lowest BCUT2D eigenvalue weighted by Crippen LogP contribution is -2.21. The number of hydrogen-bond donors (Lipinski definition) is 1. The van der Waals surface area contributed by atoms with Crippen molar-refractivity contribution in [1.29, 1.82) is 0 Å². The van der Waals surface area contributed by atoms with Crippen molar-refractivity contribution in [3.8, 4) is 11.5 Å². The van der Waals surface area contributed by atoms with Crippen molar-refractivity contribution in [3.05, 3.63) is 45.1 Å². The number of methoxy groups -OCH3 is 2. The van der Waals surface area contributed by atoms with Gasteiger partial charge in [-0.2, -0.15) is 0 Å². The van der Waals surface area contributed by atoms with Gasteiger partial charge in [-0.1, -0.05) is 30.7 Å². The molecule has 1 aromatic carbocycles. The van der Waals surface area contributed by atoms with Crippen LogP contribution in [-0.4, -0.2) is 20.8 Å². The third kappa shape index (κ3) is 3.08. The number of ether oxygens (including phenoxy) is 2. The Balaban J connectivity index is 2.49. The van der Waals surface area contributed by atoms with Gasteiger partial charge in [0.05, 0.1) is 24.6 Å². The van der Waals surface area contributed by atoms with Gasteiger partial charge < -0.3 is 14.8 Å². The Morgan fingerprint density at radius 2 is 2.00 bits per heavy atom. The summed E-state index contributed by atoms with van der Waals surface area (Å²) in [7, 11) is 3.30. The highest BCUT2D eigenvalue weighted by molar-refractivity contribution is 7.16. The highest BCUT2D eigenvalue weighted by Crippen LogP contribution is 2.39. The molecule has 2 aromatic rings. The molecule has 0 radical (unpaired) electrons. The van der Waals surface area contributed by atoms with E-state index in [1.165, 1.54) is 0 Å². The fourth-order valence-electron chi connectivity index (χ4n) is 2.19. The highest BCUT2D eigenvalue weighted by Gasteiger charge is 2.21. The second-order valence-electron chi connectivity index (χ2n) is 4.22. The van der Waals surface area contributed by atoms with Crippen molar-refractivity contribution in [2.75, 3.05) is 20.8 Å². The molecule has 2 rings (SSSR count). The van der Waals surface area contributed by atoms with Crippen molar-refractivity contribution in [1.82, 2.24) is 5.32 Å². The lowest BCUT2D eigenvalue weighted by Gasteiger charge is -2.21. The standard InChI is InChI=1S/C15H18ClNO2S/c1-4-17-14(12-8-9-13(16)20-12)10-6-5-7-11(18-2)15(10)19-3/h5-9,14,17H,4H2,1-3H3. The van der Waals surface area contributed by atoms with Crippen LogP contribution in [0.4, 0.5) is 0 Å². The van der Waals surface area contributed by atoms with Gasteiger partial charge in [-0.25, -0.2) is 0 Å². The summed E-state index contributed by atoms with van der Waals surface area (Å²) >= 11 is 7.63. The molecular formula is C15H18ClNO2S. The van der Waals surface area contributed by atoms with Crippen LogP contribution < -0.4 is 14.8 Å². The summed E-state index contributed by atoms with van der Waals surface area (Å²) < 4.78 is 11.7. The van der Waals surface area contributed by atoms with Gasteiger partial charge in [-0.3, -0.25) is 0 Å². The van der Waals surface area contributed by atoms with E-state index in [0.29, 0.717) is 0 Å². The summed E-state index contributed by atoms with van der Waals surface area (Å²) in [6.45, 7) is 2.93. The first kappa shape index (κ1) is 15.2. The predicted octanol–water partition coefficient (Wildman–Crippen LogP) is 4.12. The summed E-state index contributed by atoms with van der Waals surface area (Å²) in [6.07, 6.45) is 0. The quantitative estimate of drug-likeness (QED) is 0.870. The SMILES string of the molecule is CCNC(c1ccc(Cl)s1)c1cccc(OC)c1OC. The Hall–Kier alpha value is -1.23. The molecule has 1 N–H and O–H groups in total. The summed E-state index contributed by atoms with van der Waals surface area (Å²) in [5.41, 5.74) is 1.05. The molecule has 0 fully saturated rings. The van der Waals surface area contributed by atoms with Gasteiger partial charge in [0.25, 0.3) is 0 Å². The van der Waals surface area contributed by atoms with E-state index in [-0.39, 0.29) is 6.04 Å². The smallest absolute Gasteiger partial charge is 0.165 e. The minimum atomic E-state index is 0.0440. The lowest BCUT2D eigenvalue weighted by molar-refractivity contribution is 0.349. The first-order chi connectivity index (χ1) is 9.71. The molecule has 0 saturated heterocycles. The molecule has 0 saturated carbocycles. The molecule has 1 unspecified atom stereocenters. The summed E-state index contributed by atoms with van der Waals surface area (Å²) in [5.74, 6) is 1.49. The van der Waals surface area contributed by atoms with E-state index in [1.807, 2.05) is 30.3 Å². The molecule has 1 atom stereocenters. The van der Waals surface area contributed by atoms with Crippen molar-refractivity contribution < 1.29 is 9.47 Å². The number of hydrogen-bond acceptors (Lipinski definition) is 4. The third-order valence-corrected chi connectivity index (χ3v) is 4.33. The summed E-state index contributed by atoms with van der Waals surface area (Å²) in [6, 6.07) is 9.91. The summed E-state index contributed by atoms with van der Waals surface area (Å²) in [5, 5.41) is 3.47. The molecule has 108 valence electrons. The van der Waals surface area contributed by atoms with Gasteiger partial charge >= 0.3 is 0 Å². The van der Waals surface area contributed by atoms with Gasteiger partial charge in [0.2, 0.25) is 0 Å². The molecule has 3 nitrogen and oxygen atoms in total. The molecule has 1 aromatic heterocycles. The van der Waals surface area contributed by atoms with Gasteiger partial charge in [-0.15, -0.1) is 11.3 Å². The zero-order valence-electron chi connectivity index (χ0n) is 11.8. The average molecular weight is 312 g/mol. The fourth-order valence-corrected chi connectivity index (χ4v) is 3.35. The number of benzene rings is 1. The maximum atomic E-state index is 6.06. The molecule has 20 heavy (non-hydrogen) atoms. The van der Waals surface area contributed by atoms with Crippen LogP contribution in [0.5, 0.6) is 11.5 Å². The maximum absolute atomic E-state index is 6.06. The van der Waals surface area contributed by atoms with Crippen LogP contribution in [0.2, 0.25) is 4.34 Å². The molecule has 1 heterocycles. The zero-order chi connectivity index (χ0) is 14.5. The largest absolute Gasteiger partial charge is 0.493 e. The summed E-state index contributed by atoms with van der Waals surface area (Å²) in [4.78, 5) is 1.16. The Morgan fingerprint density at radius 3 is 2.55 bits per heavy atom. The highest BCUT2D eigenvalue weighted by atomic mass is 35.5. The van der Waals surface area contributed by atoms with E-state index < -0.39 is 0 Å². The van der Waals surface area contributed by atoms with Crippen LogP contribution in [-0.2, 0) is 0 Å². The van der Waals surface area contributed by atoms with E-state index >= 15 is 0 Å². The van der Waals surface area contributed by atoms with Gasteiger partial charge in [0.1, 0.15) is 0 Å². The normalized spacial score (nSPS) is 12.2. The van der Waals surface area contributed by atoms with Gasteiger partial charge in [0.15, 0.2) is 11.5 Å². The van der Waals surface area contributed by atoms with E-state index in [0.717, 1.165) is 32.8 Å². The molecule has 0 aliphatic carbocycles. The molecule has 0 spiro atoms. The second-order valence-corrected chi connectivity index (χ2v) is 5.96. The molecule has 0 aliphatic rings. The van der Waals surface area contributed by atoms with E-state index in [1.54, 1.807) is 25.6 Å². The Morgan fingerprint density at radius 1 is 1.20 bits per heavy atom. The number of thiophene rings is 1. The number of para-hydroxylation sites is 1.